The molecule has 1 N–H and O–H groups in total. The van der Waals surface area contributed by atoms with Crippen LogP contribution in [0.5, 0.6) is 0 Å². The van der Waals surface area contributed by atoms with Crippen LogP contribution in [0, 0.1) is 0 Å². The Morgan fingerprint density at radius 1 is 1.55 bits per heavy atom. The van der Waals surface area contributed by atoms with Gasteiger partial charge in [-0.15, -0.1) is 0 Å². The Hall–Kier alpha value is -1.23. The molecule has 1 aliphatic heterocycles. The van der Waals surface area contributed by atoms with Crippen LogP contribution >= 0.6 is 11.8 Å². The number of rotatable bonds is 4. The second-order valence-corrected chi connectivity index (χ2v) is 7.48. The van der Waals surface area contributed by atoms with Gasteiger partial charge in [0.1, 0.15) is 0 Å². The SMILES string of the molecule is CCCNc1ccncc1C(=O)N1CCSC(C)(C)C1. The zero-order valence-corrected chi connectivity index (χ0v) is 13.3. The van der Waals surface area contributed by atoms with Crippen molar-refractivity contribution in [3.63, 3.8) is 0 Å². The first-order valence-electron chi connectivity index (χ1n) is 7.14. The van der Waals surface area contributed by atoms with Crippen molar-refractivity contribution in [2.45, 2.75) is 31.9 Å². The van der Waals surface area contributed by atoms with Crippen molar-refractivity contribution in [1.82, 2.24) is 9.88 Å². The Labute approximate surface area is 125 Å². The molecular formula is C15H23N3OS. The minimum absolute atomic E-state index is 0.0880. The van der Waals surface area contributed by atoms with Crippen molar-refractivity contribution >= 4 is 23.4 Å². The molecule has 0 saturated carbocycles. The number of aromatic nitrogens is 1. The van der Waals surface area contributed by atoms with Gasteiger partial charge in [-0.1, -0.05) is 6.92 Å². The first kappa shape index (κ1) is 15.2. The van der Waals surface area contributed by atoms with E-state index in [1.54, 1.807) is 12.4 Å². The van der Waals surface area contributed by atoms with Gasteiger partial charge in [0.25, 0.3) is 5.91 Å². The van der Waals surface area contributed by atoms with Crippen molar-refractivity contribution in [3.05, 3.63) is 24.0 Å². The Morgan fingerprint density at radius 2 is 2.35 bits per heavy atom. The minimum Gasteiger partial charge on any atom is -0.384 e. The van der Waals surface area contributed by atoms with Crippen molar-refractivity contribution in [2.24, 2.45) is 0 Å². The van der Waals surface area contributed by atoms with Gasteiger partial charge in [-0.25, -0.2) is 0 Å². The van der Waals surface area contributed by atoms with Gasteiger partial charge < -0.3 is 10.2 Å². The molecular weight excluding hydrogens is 270 g/mol. The lowest BCUT2D eigenvalue weighted by molar-refractivity contribution is 0.0748. The van der Waals surface area contributed by atoms with Crippen LogP contribution in [0.2, 0.25) is 0 Å². The molecule has 1 aromatic rings. The van der Waals surface area contributed by atoms with E-state index in [0.29, 0.717) is 5.56 Å². The summed E-state index contributed by atoms with van der Waals surface area (Å²) in [4.78, 5) is 18.8. The number of nitrogens with zero attached hydrogens (tertiary/aromatic N) is 2. The summed E-state index contributed by atoms with van der Waals surface area (Å²) in [5.41, 5.74) is 1.58. The largest absolute Gasteiger partial charge is 0.384 e. The van der Waals surface area contributed by atoms with Gasteiger partial charge in [0.05, 0.1) is 11.3 Å². The minimum atomic E-state index is 0.0880. The second-order valence-electron chi connectivity index (χ2n) is 5.68. The Bertz CT molecular complexity index is 476. The summed E-state index contributed by atoms with van der Waals surface area (Å²) in [5, 5.41) is 3.31. The maximum Gasteiger partial charge on any atom is 0.257 e. The molecule has 1 saturated heterocycles. The van der Waals surface area contributed by atoms with Gasteiger partial charge in [0.15, 0.2) is 0 Å². The van der Waals surface area contributed by atoms with Crippen LogP contribution in [0.1, 0.15) is 37.6 Å². The monoisotopic (exact) mass is 293 g/mol. The highest BCUT2D eigenvalue weighted by atomic mass is 32.2. The van der Waals surface area contributed by atoms with E-state index >= 15 is 0 Å². The van der Waals surface area contributed by atoms with Crippen LogP contribution in [0.15, 0.2) is 18.5 Å². The van der Waals surface area contributed by atoms with Crippen LogP contribution in [0.4, 0.5) is 5.69 Å². The average Bonchev–Trinajstić information content (AvgIpc) is 2.43. The van der Waals surface area contributed by atoms with Crippen molar-refractivity contribution < 1.29 is 4.79 Å². The molecule has 0 atom stereocenters. The van der Waals surface area contributed by atoms with Crippen LogP contribution in [0.25, 0.3) is 0 Å². The molecule has 4 nitrogen and oxygen atoms in total. The van der Waals surface area contributed by atoms with Gasteiger partial charge in [-0.05, 0) is 26.3 Å². The maximum atomic E-state index is 12.7. The summed E-state index contributed by atoms with van der Waals surface area (Å²) < 4.78 is 0.132. The molecule has 2 heterocycles. The summed E-state index contributed by atoms with van der Waals surface area (Å²) in [6.45, 7) is 8.96. The van der Waals surface area contributed by atoms with E-state index in [1.807, 2.05) is 22.7 Å². The molecule has 2 rings (SSSR count). The molecule has 0 radical (unpaired) electrons. The van der Waals surface area contributed by atoms with Gasteiger partial charge >= 0.3 is 0 Å². The van der Waals surface area contributed by atoms with E-state index < -0.39 is 0 Å². The molecule has 1 fully saturated rings. The molecule has 110 valence electrons. The highest BCUT2D eigenvalue weighted by Crippen LogP contribution is 2.30. The molecule has 1 aliphatic rings. The number of pyridine rings is 1. The molecule has 0 aliphatic carbocycles. The summed E-state index contributed by atoms with van der Waals surface area (Å²) in [6.07, 6.45) is 4.43. The molecule has 20 heavy (non-hydrogen) atoms. The Morgan fingerprint density at radius 3 is 3.05 bits per heavy atom. The van der Waals surface area contributed by atoms with E-state index in [9.17, 15) is 4.79 Å². The number of nitrogens with one attached hydrogen (secondary N) is 1. The lowest BCUT2D eigenvalue weighted by Gasteiger charge is -2.37. The van der Waals surface area contributed by atoms with Gasteiger partial charge in [-0.3, -0.25) is 9.78 Å². The van der Waals surface area contributed by atoms with Gasteiger partial charge in [0.2, 0.25) is 0 Å². The molecule has 0 bridgehead atoms. The number of anilines is 1. The predicted octanol–water partition coefficient (Wildman–Crippen LogP) is 2.87. The topological polar surface area (TPSA) is 45.2 Å². The smallest absolute Gasteiger partial charge is 0.257 e. The molecule has 0 aromatic carbocycles. The number of hydrogen-bond acceptors (Lipinski definition) is 4. The van der Waals surface area contributed by atoms with E-state index in [4.69, 9.17) is 0 Å². The Balaban J connectivity index is 2.16. The molecule has 1 amide bonds. The molecule has 1 aromatic heterocycles. The third kappa shape index (κ3) is 3.66. The van der Waals surface area contributed by atoms with E-state index in [-0.39, 0.29) is 10.7 Å². The maximum absolute atomic E-state index is 12.7. The number of thioether (sulfide) groups is 1. The van der Waals surface area contributed by atoms with Crippen LogP contribution < -0.4 is 5.32 Å². The highest BCUT2D eigenvalue weighted by Gasteiger charge is 2.31. The number of amides is 1. The predicted molar refractivity (Wildman–Crippen MR) is 85.5 cm³/mol. The fourth-order valence-electron chi connectivity index (χ4n) is 2.34. The fourth-order valence-corrected chi connectivity index (χ4v) is 3.45. The van der Waals surface area contributed by atoms with Crippen molar-refractivity contribution in [1.29, 1.82) is 0 Å². The Kier molecular flexibility index (Phi) is 4.91. The third-order valence-electron chi connectivity index (χ3n) is 3.33. The number of carbonyl (C=O) groups is 1. The quantitative estimate of drug-likeness (QED) is 0.927. The molecule has 0 unspecified atom stereocenters. The van der Waals surface area contributed by atoms with Crippen molar-refractivity contribution in [2.75, 3.05) is 30.7 Å². The standard InChI is InChI=1S/C15H23N3OS/c1-4-6-17-13-5-7-16-10-12(13)14(19)18-8-9-20-15(2,3)11-18/h5,7,10H,4,6,8-9,11H2,1-3H3,(H,16,17). The third-order valence-corrected chi connectivity index (χ3v) is 4.63. The zero-order chi connectivity index (χ0) is 14.6. The number of hydrogen-bond donors (Lipinski definition) is 1. The summed E-state index contributed by atoms with van der Waals surface area (Å²) in [5.74, 6) is 1.08. The first-order valence-corrected chi connectivity index (χ1v) is 8.13. The van der Waals surface area contributed by atoms with Crippen molar-refractivity contribution in [3.8, 4) is 0 Å². The molecule has 5 heteroatoms. The first-order chi connectivity index (χ1) is 9.53. The fraction of sp³-hybridized carbons (Fsp3) is 0.600. The number of carbonyl (C=O) groups excluding carboxylic acids is 1. The summed E-state index contributed by atoms with van der Waals surface area (Å²) in [6, 6.07) is 1.88. The van der Waals surface area contributed by atoms with E-state index in [1.165, 1.54) is 0 Å². The highest BCUT2D eigenvalue weighted by molar-refractivity contribution is 8.00. The van der Waals surface area contributed by atoms with Crippen LogP contribution in [-0.4, -0.2) is 45.9 Å². The lowest BCUT2D eigenvalue weighted by Crippen LogP contribution is -2.46. The average molecular weight is 293 g/mol. The molecule has 0 spiro atoms. The lowest BCUT2D eigenvalue weighted by atomic mass is 10.1. The van der Waals surface area contributed by atoms with Gasteiger partial charge in [-0.2, -0.15) is 11.8 Å². The normalized spacial score (nSPS) is 17.9. The zero-order valence-electron chi connectivity index (χ0n) is 12.5. The van der Waals surface area contributed by atoms with Gasteiger partial charge in [0, 0.05) is 42.5 Å². The summed E-state index contributed by atoms with van der Waals surface area (Å²) in [7, 11) is 0. The van der Waals surface area contributed by atoms with Crippen LogP contribution in [0.3, 0.4) is 0 Å². The summed E-state index contributed by atoms with van der Waals surface area (Å²) >= 11 is 1.93. The van der Waals surface area contributed by atoms with Crippen LogP contribution in [-0.2, 0) is 0 Å². The van der Waals surface area contributed by atoms with E-state index in [0.717, 1.165) is 37.5 Å². The van der Waals surface area contributed by atoms with E-state index in [2.05, 4.69) is 31.1 Å². The second kappa shape index (κ2) is 6.48.